The van der Waals surface area contributed by atoms with Crippen molar-refractivity contribution in [3.63, 3.8) is 0 Å². The van der Waals surface area contributed by atoms with E-state index in [2.05, 4.69) is 24.5 Å². The molecule has 3 aliphatic rings. The van der Waals surface area contributed by atoms with Gasteiger partial charge < -0.3 is 100 Å². The molecule has 0 saturated carbocycles. The molecule has 0 aromatic rings. The molecule has 3 fully saturated rings. The van der Waals surface area contributed by atoms with Gasteiger partial charge in [0.25, 0.3) is 5.79 Å². The van der Waals surface area contributed by atoms with Crippen LogP contribution in [0.2, 0.25) is 0 Å². The van der Waals surface area contributed by atoms with Crippen molar-refractivity contribution in [1.82, 2.24) is 10.6 Å². The van der Waals surface area contributed by atoms with E-state index in [-0.39, 0.29) is 18.9 Å². The molecule has 0 aromatic heterocycles. The first-order valence-corrected chi connectivity index (χ1v) is 41.4. The summed E-state index contributed by atoms with van der Waals surface area (Å²) in [6.07, 6.45) is 32.4. The molecule has 0 aliphatic carbocycles. The highest BCUT2D eigenvalue weighted by molar-refractivity contribution is 5.77. The predicted molar refractivity (Wildman–Crippen MR) is 394 cm³/mol. The summed E-state index contributed by atoms with van der Waals surface area (Å²) in [6.45, 7) is 2.27. The van der Waals surface area contributed by atoms with E-state index >= 15 is 0 Å². The summed E-state index contributed by atoms with van der Waals surface area (Å²) in [4.78, 5) is 38.7. The second-order valence-corrected chi connectivity index (χ2v) is 30.4. The molecular formula is C79H150N2O21. The summed E-state index contributed by atoms with van der Waals surface area (Å²) >= 11 is 0. The summed E-state index contributed by atoms with van der Waals surface area (Å²) in [5.74, 6) is -6.09. The van der Waals surface area contributed by atoms with Crippen LogP contribution in [0.3, 0.4) is 0 Å². The van der Waals surface area contributed by atoms with Crippen LogP contribution in [0.1, 0.15) is 348 Å². The first-order chi connectivity index (χ1) is 49.4. The van der Waals surface area contributed by atoms with Crippen molar-refractivity contribution in [3.05, 3.63) is 0 Å². The van der Waals surface area contributed by atoms with Crippen molar-refractivity contribution in [1.29, 1.82) is 0 Å². The molecule has 3 aliphatic heterocycles. The third kappa shape index (κ3) is 38.7. The molecule has 23 heteroatoms. The lowest BCUT2D eigenvalue weighted by Gasteiger charge is -2.50. The molecule has 0 spiro atoms. The normalized spacial score (nSPS) is 26.6. The number of hydrogen-bond acceptors (Lipinski definition) is 20. The fourth-order valence-electron chi connectivity index (χ4n) is 14.8. The summed E-state index contributed by atoms with van der Waals surface area (Å²) in [5.41, 5.74) is 0. The second-order valence-electron chi connectivity index (χ2n) is 30.4. The van der Waals surface area contributed by atoms with Crippen LogP contribution in [0.5, 0.6) is 0 Å². The van der Waals surface area contributed by atoms with Gasteiger partial charge in [0.15, 0.2) is 12.6 Å². The zero-order chi connectivity index (χ0) is 74.6. The third-order valence-corrected chi connectivity index (χ3v) is 21.3. The van der Waals surface area contributed by atoms with Crippen LogP contribution in [0.25, 0.3) is 0 Å². The van der Waals surface area contributed by atoms with Crippen LogP contribution >= 0.6 is 0 Å². The number of carbonyl (C=O) groups is 3. The van der Waals surface area contributed by atoms with Crippen LogP contribution in [0, 0.1) is 0 Å². The molecule has 3 rings (SSSR count). The number of nitrogens with one attached hydrogen (secondary N) is 2. The number of rotatable bonds is 66. The van der Waals surface area contributed by atoms with Gasteiger partial charge in [-0.2, -0.15) is 0 Å². The molecule has 602 valence electrons. The van der Waals surface area contributed by atoms with Crippen LogP contribution in [0.4, 0.5) is 0 Å². The van der Waals surface area contributed by atoms with Crippen molar-refractivity contribution >= 4 is 17.8 Å². The first-order valence-electron chi connectivity index (χ1n) is 41.4. The van der Waals surface area contributed by atoms with Crippen molar-refractivity contribution < 1.29 is 104 Å². The number of amides is 2. The minimum atomic E-state index is -3.08. The van der Waals surface area contributed by atoms with E-state index in [1.165, 1.54) is 250 Å². The maximum atomic E-state index is 13.6. The van der Waals surface area contributed by atoms with Crippen LogP contribution < -0.4 is 10.6 Å². The monoisotopic (exact) mass is 1460 g/mol. The Balaban J connectivity index is 1.49. The Morgan fingerprint density at radius 2 is 0.853 bits per heavy atom. The van der Waals surface area contributed by atoms with Gasteiger partial charge in [-0.1, -0.05) is 316 Å². The number of ether oxygens (including phenoxy) is 6. The predicted octanol–water partition coefficient (Wildman–Crippen LogP) is 11.2. The van der Waals surface area contributed by atoms with Crippen molar-refractivity contribution in [3.8, 4) is 0 Å². The Morgan fingerprint density at radius 1 is 0.471 bits per heavy atom. The summed E-state index contributed by atoms with van der Waals surface area (Å²) < 4.78 is 35.0. The lowest BCUT2D eigenvalue weighted by molar-refractivity contribution is -0.386. The Bertz CT molecular complexity index is 2040. The number of unbranched alkanes of at least 4 members (excludes halogenated alkanes) is 46. The highest BCUT2D eigenvalue weighted by Crippen LogP contribution is 2.39. The average Bonchev–Trinajstić information content (AvgIpc) is 0.755. The summed E-state index contributed by atoms with van der Waals surface area (Å²) in [7, 11) is 0. The van der Waals surface area contributed by atoms with E-state index in [0.717, 1.165) is 51.9 Å². The summed E-state index contributed by atoms with van der Waals surface area (Å²) in [5, 5.41) is 137. The van der Waals surface area contributed by atoms with Crippen molar-refractivity contribution in [2.24, 2.45) is 0 Å². The van der Waals surface area contributed by atoms with E-state index in [4.69, 9.17) is 28.4 Å². The smallest absolute Gasteiger partial charge is 0.364 e. The number of carboxylic acids is 1. The van der Waals surface area contributed by atoms with E-state index in [0.29, 0.717) is 19.3 Å². The molecule has 3 heterocycles. The van der Waals surface area contributed by atoms with Crippen molar-refractivity contribution in [2.45, 2.75) is 458 Å². The molecule has 23 nitrogen and oxygen atoms in total. The fraction of sp³-hybridized carbons (Fsp3) is 0.962. The summed E-state index contributed by atoms with van der Waals surface area (Å²) in [6, 6.07) is -2.53. The highest BCUT2D eigenvalue weighted by atomic mass is 16.8. The van der Waals surface area contributed by atoms with Gasteiger partial charge in [0.2, 0.25) is 11.8 Å². The van der Waals surface area contributed by atoms with Gasteiger partial charge in [-0.15, -0.1) is 0 Å². The lowest BCUT2D eigenvalue weighted by Crippen LogP contribution is -2.70. The molecule has 3 saturated heterocycles. The lowest BCUT2D eigenvalue weighted by atomic mass is 9.88. The number of hydrogen-bond donors (Lipinski definition) is 14. The first kappa shape index (κ1) is 93.9. The molecule has 0 aromatic carbocycles. The van der Waals surface area contributed by atoms with Crippen LogP contribution in [-0.2, 0) is 42.8 Å². The Labute approximate surface area is 614 Å². The van der Waals surface area contributed by atoms with Crippen LogP contribution in [-0.4, -0.2) is 215 Å². The molecular weight excluding hydrogens is 1310 g/mol. The molecule has 14 N–H and O–H groups in total. The van der Waals surface area contributed by atoms with E-state index < -0.39 is 148 Å². The van der Waals surface area contributed by atoms with Gasteiger partial charge in [0, 0.05) is 19.8 Å². The van der Waals surface area contributed by atoms with Gasteiger partial charge in [0.1, 0.15) is 67.1 Å². The van der Waals surface area contributed by atoms with Gasteiger partial charge in [-0.3, -0.25) is 9.59 Å². The quantitative estimate of drug-likeness (QED) is 0.0252. The highest BCUT2D eigenvalue weighted by Gasteiger charge is 2.60. The third-order valence-electron chi connectivity index (χ3n) is 21.3. The van der Waals surface area contributed by atoms with Gasteiger partial charge in [0.05, 0.1) is 50.7 Å². The molecule has 0 bridgehead atoms. The average molecular weight is 1460 g/mol. The van der Waals surface area contributed by atoms with E-state index in [1.54, 1.807) is 0 Å². The zero-order valence-electron chi connectivity index (χ0n) is 63.7. The number of aliphatic hydroxyl groups is 11. The topological polar surface area (TPSA) is 373 Å². The number of carboxylic acid groups (broad SMARTS) is 1. The van der Waals surface area contributed by atoms with Gasteiger partial charge in [-0.05, 0) is 12.8 Å². The molecule has 102 heavy (non-hydrogen) atoms. The Morgan fingerprint density at radius 3 is 1.23 bits per heavy atom. The largest absolute Gasteiger partial charge is 0.477 e. The molecule has 0 radical (unpaired) electrons. The molecule has 18 unspecified atom stereocenters. The number of aliphatic carboxylic acids is 1. The second kappa shape index (κ2) is 58.7. The zero-order valence-corrected chi connectivity index (χ0v) is 63.7. The number of carbonyl (C=O) groups excluding carboxylic acids is 2. The molecule has 18 atom stereocenters. The Kier molecular flexibility index (Phi) is 54.1. The van der Waals surface area contributed by atoms with Crippen molar-refractivity contribution in [2.75, 3.05) is 26.4 Å². The molecule has 2 amide bonds. The van der Waals surface area contributed by atoms with Gasteiger partial charge >= 0.3 is 5.97 Å². The van der Waals surface area contributed by atoms with E-state index in [9.17, 15) is 75.7 Å². The van der Waals surface area contributed by atoms with Gasteiger partial charge in [-0.25, -0.2) is 4.79 Å². The SMILES string of the molecule is CCCCCCCCCCCCCCCCCCCCCCCCCCCCCCC(=O)NC(COC1OC(CO)C(OC2OC(CO)C(O)C(OC3(C(=O)O)CC(O)C(NC(C)=O)C(C(O)C(O)CO)O3)C2O)C(O)C1O)C(O)CCCCCCCCCCCCCCCCCCCCCC. The Hall–Kier alpha value is -2.27. The standard InChI is InChI=1S/C79H150N2O21/c1-4-6-8-10-12-14-16-18-20-22-24-26-27-28-29-30-31-32-33-35-37-39-41-43-45-47-49-51-53-66(89)81-60(61(86)52-50-48-46-44-42-40-38-36-34-25-23-21-19-17-15-13-11-9-7-5-2)58-97-76-71(93)70(92)73(65(57-84)99-76)100-77-72(94)75(69(91)64(56-83)98-77)102-79(78(95)96)54-62(87)67(80-59(3)85)74(101-79)68(90)63(88)55-82/h60-65,67-77,82-84,86-88,90-94H,4-58H2,1-3H3,(H,80,85)(H,81,89)(H,95,96). The number of aliphatic hydroxyl groups excluding tert-OH is 11. The maximum absolute atomic E-state index is 13.6. The van der Waals surface area contributed by atoms with E-state index in [1.807, 2.05) is 0 Å². The minimum Gasteiger partial charge on any atom is -0.477 e. The van der Waals surface area contributed by atoms with Crippen LogP contribution in [0.15, 0.2) is 0 Å². The maximum Gasteiger partial charge on any atom is 0.364 e. The fourth-order valence-corrected chi connectivity index (χ4v) is 14.8. The minimum absolute atomic E-state index is 0.230.